The van der Waals surface area contributed by atoms with E-state index in [1.807, 2.05) is 12.3 Å². The Bertz CT molecular complexity index is 348. The van der Waals surface area contributed by atoms with Crippen LogP contribution < -0.4 is 5.32 Å². The van der Waals surface area contributed by atoms with Crippen LogP contribution in [-0.2, 0) is 0 Å². The largest absolute Gasteiger partial charge is 0.310 e. The highest BCUT2D eigenvalue weighted by atomic mass is 14.9. The molecule has 0 spiro atoms. The fourth-order valence-electron chi connectivity index (χ4n) is 1.85. The van der Waals surface area contributed by atoms with Crippen LogP contribution in [0.25, 0.3) is 0 Å². The van der Waals surface area contributed by atoms with Crippen LogP contribution in [0.2, 0.25) is 0 Å². The van der Waals surface area contributed by atoms with Crippen LogP contribution in [0.15, 0.2) is 18.5 Å². The molecule has 2 rings (SSSR count). The minimum absolute atomic E-state index is 0.393. The standard InChI is InChI=1S/C11H13N3/c12-6-9-5-10(8-13-7-9)11-3-1-2-4-14-11/h5,7-8,11,14H,1-4H2/t11-/m1/s1. The van der Waals surface area contributed by atoms with Gasteiger partial charge in [-0.05, 0) is 31.0 Å². The van der Waals surface area contributed by atoms with Crippen molar-refractivity contribution < 1.29 is 0 Å². The molecular weight excluding hydrogens is 174 g/mol. The first-order chi connectivity index (χ1) is 6.90. The van der Waals surface area contributed by atoms with Gasteiger partial charge >= 0.3 is 0 Å². The normalized spacial score (nSPS) is 21.5. The quantitative estimate of drug-likeness (QED) is 0.728. The van der Waals surface area contributed by atoms with Crippen LogP contribution in [0.1, 0.15) is 36.4 Å². The molecule has 0 unspecified atom stereocenters. The summed E-state index contributed by atoms with van der Waals surface area (Å²) < 4.78 is 0. The second-order valence-corrected chi connectivity index (χ2v) is 3.62. The summed E-state index contributed by atoms with van der Waals surface area (Å²) in [5.74, 6) is 0. The van der Waals surface area contributed by atoms with E-state index in [0.717, 1.165) is 18.5 Å². The molecule has 0 saturated carbocycles. The lowest BCUT2D eigenvalue weighted by Crippen LogP contribution is -2.26. The number of piperidine rings is 1. The fourth-order valence-corrected chi connectivity index (χ4v) is 1.85. The number of hydrogen-bond acceptors (Lipinski definition) is 3. The van der Waals surface area contributed by atoms with E-state index in [-0.39, 0.29) is 0 Å². The van der Waals surface area contributed by atoms with Gasteiger partial charge in [0.2, 0.25) is 0 Å². The van der Waals surface area contributed by atoms with Crippen LogP contribution >= 0.6 is 0 Å². The first kappa shape index (κ1) is 9.17. The zero-order valence-corrected chi connectivity index (χ0v) is 8.03. The van der Waals surface area contributed by atoms with Gasteiger partial charge in [-0.15, -0.1) is 0 Å². The molecule has 1 aliphatic rings. The molecule has 0 aliphatic carbocycles. The molecule has 14 heavy (non-hydrogen) atoms. The molecule has 3 nitrogen and oxygen atoms in total. The van der Waals surface area contributed by atoms with Gasteiger partial charge in [-0.2, -0.15) is 5.26 Å². The van der Waals surface area contributed by atoms with Gasteiger partial charge in [0.05, 0.1) is 5.56 Å². The predicted octanol–water partition coefficient (Wildman–Crippen LogP) is 1.77. The van der Waals surface area contributed by atoms with E-state index < -0.39 is 0 Å². The Labute approximate surface area is 83.8 Å². The summed E-state index contributed by atoms with van der Waals surface area (Å²) in [4.78, 5) is 4.07. The third-order valence-electron chi connectivity index (χ3n) is 2.60. The van der Waals surface area contributed by atoms with Gasteiger partial charge in [0.25, 0.3) is 0 Å². The van der Waals surface area contributed by atoms with E-state index in [9.17, 15) is 0 Å². The lowest BCUT2D eigenvalue weighted by molar-refractivity contribution is 0.411. The van der Waals surface area contributed by atoms with Crippen molar-refractivity contribution in [3.8, 4) is 6.07 Å². The molecule has 3 heteroatoms. The highest BCUT2D eigenvalue weighted by molar-refractivity contribution is 5.30. The van der Waals surface area contributed by atoms with Crippen LogP contribution in [0.4, 0.5) is 0 Å². The summed E-state index contributed by atoms with van der Waals surface area (Å²) in [5, 5.41) is 12.2. The Kier molecular flexibility index (Phi) is 2.76. The lowest BCUT2D eigenvalue weighted by atomic mass is 9.98. The summed E-state index contributed by atoms with van der Waals surface area (Å²) in [6, 6.07) is 4.44. The summed E-state index contributed by atoms with van der Waals surface area (Å²) in [7, 11) is 0. The summed E-state index contributed by atoms with van der Waals surface area (Å²) in [6.07, 6.45) is 7.11. The number of rotatable bonds is 1. The van der Waals surface area contributed by atoms with Gasteiger partial charge in [0.1, 0.15) is 6.07 Å². The predicted molar refractivity (Wildman–Crippen MR) is 53.5 cm³/mol. The molecule has 1 aromatic rings. The van der Waals surface area contributed by atoms with Crippen molar-refractivity contribution in [2.24, 2.45) is 0 Å². The highest BCUT2D eigenvalue weighted by Gasteiger charge is 2.14. The Hall–Kier alpha value is -1.40. The molecule has 72 valence electrons. The van der Waals surface area contributed by atoms with E-state index in [1.165, 1.54) is 12.8 Å². The molecule has 1 N–H and O–H groups in total. The fraction of sp³-hybridized carbons (Fsp3) is 0.455. The Morgan fingerprint density at radius 2 is 2.36 bits per heavy atom. The van der Waals surface area contributed by atoms with Crippen molar-refractivity contribution in [2.45, 2.75) is 25.3 Å². The third kappa shape index (κ3) is 1.91. The maximum atomic E-state index is 8.75. The lowest BCUT2D eigenvalue weighted by Gasteiger charge is -2.23. The van der Waals surface area contributed by atoms with Crippen LogP contribution in [0.5, 0.6) is 0 Å². The number of pyridine rings is 1. The van der Waals surface area contributed by atoms with Crippen molar-refractivity contribution in [2.75, 3.05) is 6.54 Å². The molecule has 1 saturated heterocycles. The second-order valence-electron chi connectivity index (χ2n) is 3.62. The molecule has 0 bridgehead atoms. The van der Waals surface area contributed by atoms with Crippen LogP contribution in [-0.4, -0.2) is 11.5 Å². The minimum atomic E-state index is 0.393. The maximum Gasteiger partial charge on any atom is 0.101 e. The van der Waals surface area contributed by atoms with E-state index in [1.54, 1.807) is 6.20 Å². The van der Waals surface area contributed by atoms with Gasteiger partial charge in [0, 0.05) is 18.4 Å². The van der Waals surface area contributed by atoms with Gasteiger partial charge in [-0.1, -0.05) is 6.42 Å². The van der Waals surface area contributed by atoms with E-state index in [4.69, 9.17) is 5.26 Å². The number of nitrogens with one attached hydrogen (secondary N) is 1. The van der Waals surface area contributed by atoms with E-state index in [2.05, 4.69) is 16.4 Å². The van der Waals surface area contributed by atoms with Crippen molar-refractivity contribution in [3.05, 3.63) is 29.6 Å². The highest BCUT2D eigenvalue weighted by Crippen LogP contribution is 2.22. The maximum absolute atomic E-state index is 8.75. The van der Waals surface area contributed by atoms with Gasteiger partial charge in [0.15, 0.2) is 0 Å². The van der Waals surface area contributed by atoms with Crippen molar-refractivity contribution in [3.63, 3.8) is 0 Å². The van der Waals surface area contributed by atoms with Gasteiger partial charge in [-0.25, -0.2) is 0 Å². The van der Waals surface area contributed by atoms with Crippen LogP contribution in [0.3, 0.4) is 0 Å². The monoisotopic (exact) mass is 187 g/mol. The zero-order chi connectivity index (χ0) is 9.80. The minimum Gasteiger partial charge on any atom is -0.310 e. The van der Waals surface area contributed by atoms with Crippen molar-refractivity contribution in [1.29, 1.82) is 5.26 Å². The smallest absolute Gasteiger partial charge is 0.101 e. The Morgan fingerprint density at radius 1 is 1.43 bits per heavy atom. The Balaban J connectivity index is 2.18. The molecule has 0 aromatic carbocycles. The second kappa shape index (κ2) is 4.21. The number of aromatic nitrogens is 1. The molecule has 1 aromatic heterocycles. The Morgan fingerprint density at radius 3 is 3.07 bits per heavy atom. The molecule has 0 radical (unpaired) electrons. The molecular formula is C11H13N3. The van der Waals surface area contributed by atoms with E-state index >= 15 is 0 Å². The number of nitrogens with zero attached hydrogens (tertiary/aromatic N) is 2. The van der Waals surface area contributed by atoms with Gasteiger partial charge < -0.3 is 5.32 Å². The molecule has 1 atom stereocenters. The molecule has 2 heterocycles. The summed E-state index contributed by atoms with van der Waals surface area (Å²) >= 11 is 0. The molecule has 1 aliphatic heterocycles. The summed E-state index contributed by atoms with van der Waals surface area (Å²) in [6.45, 7) is 1.07. The summed E-state index contributed by atoms with van der Waals surface area (Å²) in [5.41, 5.74) is 1.79. The van der Waals surface area contributed by atoms with Crippen LogP contribution in [0, 0.1) is 11.3 Å². The first-order valence-corrected chi connectivity index (χ1v) is 4.98. The van der Waals surface area contributed by atoms with Crippen molar-refractivity contribution >= 4 is 0 Å². The average Bonchev–Trinajstić information content (AvgIpc) is 2.30. The number of nitriles is 1. The van der Waals surface area contributed by atoms with Gasteiger partial charge in [-0.3, -0.25) is 4.98 Å². The molecule has 1 fully saturated rings. The van der Waals surface area contributed by atoms with E-state index in [0.29, 0.717) is 11.6 Å². The number of hydrogen-bond donors (Lipinski definition) is 1. The average molecular weight is 187 g/mol. The zero-order valence-electron chi connectivity index (χ0n) is 8.03. The topological polar surface area (TPSA) is 48.7 Å². The SMILES string of the molecule is N#Cc1cncc([C@H]2CCCCN2)c1. The van der Waals surface area contributed by atoms with Crippen molar-refractivity contribution in [1.82, 2.24) is 10.3 Å². The first-order valence-electron chi connectivity index (χ1n) is 4.98. The molecule has 0 amide bonds. The third-order valence-corrected chi connectivity index (χ3v) is 2.60.